The maximum absolute atomic E-state index is 12.4. The molecule has 0 saturated heterocycles. The van der Waals surface area contributed by atoms with Gasteiger partial charge in [-0.05, 0) is 25.7 Å². The highest BCUT2D eigenvalue weighted by molar-refractivity contribution is 5.76. The van der Waals surface area contributed by atoms with Crippen molar-refractivity contribution in [2.75, 3.05) is 13.2 Å². The van der Waals surface area contributed by atoms with E-state index in [1.165, 1.54) is 250 Å². The summed E-state index contributed by atoms with van der Waals surface area (Å²) in [4.78, 5) is 12.4. The van der Waals surface area contributed by atoms with Crippen molar-refractivity contribution in [3.63, 3.8) is 0 Å². The predicted molar refractivity (Wildman–Crippen MR) is 255 cm³/mol. The number of allylic oxidation sites excluding steroid dienone is 1. The summed E-state index contributed by atoms with van der Waals surface area (Å²) in [5, 5.41) is 31.9. The van der Waals surface area contributed by atoms with Crippen LogP contribution in [0.25, 0.3) is 0 Å². The first-order chi connectivity index (χ1) is 28.7. The van der Waals surface area contributed by atoms with Crippen LogP contribution in [-0.2, 0) is 4.79 Å². The molecule has 0 aromatic heterocycles. The van der Waals surface area contributed by atoms with Crippen molar-refractivity contribution >= 4 is 5.91 Å². The Morgan fingerprint density at radius 1 is 0.414 bits per heavy atom. The van der Waals surface area contributed by atoms with Crippen molar-refractivity contribution in [2.45, 2.75) is 308 Å². The largest absolute Gasteiger partial charge is 0.396 e. The number of aliphatic hydroxyl groups is 3. The van der Waals surface area contributed by atoms with Crippen molar-refractivity contribution in [3.05, 3.63) is 12.2 Å². The Kier molecular flexibility index (Phi) is 49.7. The van der Waals surface area contributed by atoms with E-state index in [1.54, 1.807) is 6.08 Å². The Morgan fingerprint density at radius 2 is 0.690 bits per heavy atom. The van der Waals surface area contributed by atoms with Crippen LogP contribution in [0.5, 0.6) is 0 Å². The zero-order valence-electron chi connectivity index (χ0n) is 39.3. The van der Waals surface area contributed by atoms with Crippen LogP contribution in [0.15, 0.2) is 12.2 Å². The average Bonchev–Trinajstić information content (AvgIpc) is 3.23. The van der Waals surface area contributed by atoms with Gasteiger partial charge in [0.05, 0.1) is 18.8 Å². The minimum Gasteiger partial charge on any atom is -0.396 e. The zero-order chi connectivity index (χ0) is 42.1. The fraction of sp³-hybridized carbons (Fsp3) is 0.943. The number of carbonyl (C=O) groups excluding carboxylic acids is 1. The molecule has 5 heteroatoms. The Labute approximate surface area is 363 Å². The molecule has 0 radical (unpaired) electrons. The first kappa shape index (κ1) is 57.1. The van der Waals surface area contributed by atoms with Gasteiger partial charge in [-0.25, -0.2) is 0 Å². The molecule has 0 spiro atoms. The van der Waals surface area contributed by atoms with E-state index in [0.717, 1.165) is 32.1 Å². The molecule has 58 heavy (non-hydrogen) atoms. The summed E-state index contributed by atoms with van der Waals surface area (Å²) in [6.07, 6.45) is 62.3. The Morgan fingerprint density at radius 3 is 0.983 bits per heavy atom. The van der Waals surface area contributed by atoms with E-state index in [0.29, 0.717) is 13.0 Å². The lowest BCUT2D eigenvalue weighted by Gasteiger charge is -2.20. The van der Waals surface area contributed by atoms with Crippen LogP contribution in [-0.4, -0.2) is 46.6 Å². The highest BCUT2D eigenvalue weighted by Crippen LogP contribution is 2.18. The third kappa shape index (κ3) is 46.2. The van der Waals surface area contributed by atoms with Crippen LogP contribution >= 0.6 is 0 Å². The molecule has 346 valence electrons. The summed E-state index contributed by atoms with van der Waals surface area (Å²) in [6.45, 7) is 2.39. The lowest BCUT2D eigenvalue weighted by Crippen LogP contribution is -2.45. The van der Waals surface area contributed by atoms with E-state index in [2.05, 4.69) is 12.2 Å². The number of rotatable bonds is 50. The molecule has 0 saturated carbocycles. The summed E-state index contributed by atoms with van der Waals surface area (Å²) >= 11 is 0. The predicted octanol–water partition coefficient (Wildman–Crippen LogP) is 15.9. The molecular formula is C53H105NO4. The minimum atomic E-state index is -0.836. The van der Waals surface area contributed by atoms with Crippen molar-refractivity contribution in [1.29, 1.82) is 0 Å². The van der Waals surface area contributed by atoms with Crippen LogP contribution < -0.4 is 5.32 Å². The first-order valence-electron chi connectivity index (χ1n) is 26.5. The van der Waals surface area contributed by atoms with Crippen molar-refractivity contribution in [2.24, 2.45) is 0 Å². The van der Waals surface area contributed by atoms with Gasteiger partial charge in [-0.2, -0.15) is 0 Å². The molecule has 1 amide bonds. The van der Waals surface area contributed by atoms with Crippen LogP contribution in [0, 0.1) is 0 Å². The SMILES string of the molecule is CCCCCCCCCCCCC/C=C/[C@@H](O)[C@H](CO)NC(=O)CCCCCCCCCCCCCCCCCCCCCCCCCCCCCCCCCCO. The molecule has 0 aromatic carbocycles. The highest BCUT2D eigenvalue weighted by Gasteiger charge is 2.18. The van der Waals surface area contributed by atoms with Crippen molar-refractivity contribution in [3.8, 4) is 0 Å². The molecule has 2 atom stereocenters. The van der Waals surface area contributed by atoms with Gasteiger partial charge in [0.15, 0.2) is 0 Å². The fourth-order valence-electron chi connectivity index (χ4n) is 8.51. The van der Waals surface area contributed by atoms with Gasteiger partial charge in [0.1, 0.15) is 0 Å². The molecule has 0 aliphatic heterocycles. The van der Waals surface area contributed by atoms with Gasteiger partial charge in [-0.15, -0.1) is 0 Å². The van der Waals surface area contributed by atoms with E-state index in [4.69, 9.17) is 5.11 Å². The third-order valence-corrected chi connectivity index (χ3v) is 12.6. The normalized spacial score (nSPS) is 12.8. The molecule has 0 aromatic rings. The maximum Gasteiger partial charge on any atom is 0.220 e. The number of hydrogen-bond donors (Lipinski definition) is 4. The summed E-state index contributed by atoms with van der Waals surface area (Å²) in [5.74, 6) is -0.0609. The molecule has 0 heterocycles. The minimum absolute atomic E-state index is 0.0609. The number of carbonyl (C=O) groups is 1. The third-order valence-electron chi connectivity index (χ3n) is 12.6. The van der Waals surface area contributed by atoms with E-state index < -0.39 is 12.1 Å². The monoisotopic (exact) mass is 820 g/mol. The summed E-state index contributed by atoms with van der Waals surface area (Å²) in [5.41, 5.74) is 0. The molecule has 0 bridgehead atoms. The van der Waals surface area contributed by atoms with Crippen LogP contribution in [0.4, 0.5) is 0 Å². The molecule has 0 unspecified atom stereocenters. The zero-order valence-corrected chi connectivity index (χ0v) is 39.3. The second kappa shape index (κ2) is 50.4. The molecule has 0 fully saturated rings. The first-order valence-corrected chi connectivity index (χ1v) is 26.5. The average molecular weight is 820 g/mol. The van der Waals surface area contributed by atoms with Gasteiger partial charge in [-0.3, -0.25) is 4.79 Å². The number of amides is 1. The van der Waals surface area contributed by atoms with Crippen LogP contribution in [0.2, 0.25) is 0 Å². The molecule has 0 aliphatic rings. The van der Waals surface area contributed by atoms with Gasteiger partial charge in [0, 0.05) is 13.0 Å². The molecule has 5 nitrogen and oxygen atoms in total. The summed E-state index contributed by atoms with van der Waals surface area (Å²) < 4.78 is 0. The number of aliphatic hydroxyl groups excluding tert-OH is 3. The Balaban J connectivity index is 3.37. The lowest BCUT2D eigenvalue weighted by atomic mass is 10.0. The molecule has 0 aliphatic carbocycles. The van der Waals surface area contributed by atoms with Crippen molar-refractivity contribution < 1.29 is 20.1 Å². The maximum atomic E-state index is 12.4. The van der Waals surface area contributed by atoms with E-state index in [1.807, 2.05) is 6.08 Å². The van der Waals surface area contributed by atoms with Gasteiger partial charge >= 0.3 is 0 Å². The quantitative estimate of drug-likeness (QED) is 0.0363. The topological polar surface area (TPSA) is 89.8 Å². The number of unbranched alkanes of at least 4 members (excludes halogenated alkanes) is 42. The smallest absolute Gasteiger partial charge is 0.220 e. The van der Waals surface area contributed by atoms with Crippen LogP contribution in [0.1, 0.15) is 296 Å². The van der Waals surface area contributed by atoms with Crippen molar-refractivity contribution in [1.82, 2.24) is 5.32 Å². The van der Waals surface area contributed by atoms with Gasteiger partial charge in [0.25, 0.3) is 0 Å². The standard InChI is InChI=1S/C53H105NO4/c1-2-3-4-5-6-7-8-29-32-35-38-41-44-47-52(57)51(50-56)54-53(58)48-45-42-39-36-33-30-27-25-23-21-19-17-15-13-11-9-10-12-14-16-18-20-22-24-26-28-31-34-37-40-43-46-49-55/h44,47,51-52,55-57H,2-43,45-46,48-50H2,1H3,(H,54,58)/b47-44+/t51-,52+/m0/s1. The molecule has 0 rings (SSSR count). The number of nitrogens with one attached hydrogen (secondary N) is 1. The molecule has 4 N–H and O–H groups in total. The number of hydrogen-bond acceptors (Lipinski definition) is 4. The van der Waals surface area contributed by atoms with Gasteiger partial charge in [-0.1, -0.05) is 276 Å². The Hall–Kier alpha value is -0.910. The second-order valence-electron chi connectivity index (χ2n) is 18.4. The van der Waals surface area contributed by atoms with Crippen LogP contribution in [0.3, 0.4) is 0 Å². The highest BCUT2D eigenvalue weighted by atomic mass is 16.3. The summed E-state index contributed by atoms with van der Waals surface area (Å²) in [6, 6.07) is -0.619. The van der Waals surface area contributed by atoms with Gasteiger partial charge in [0.2, 0.25) is 5.91 Å². The summed E-state index contributed by atoms with van der Waals surface area (Å²) in [7, 11) is 0. The van der Waals surface area contributed by atoms with Gasteiger partial charge < -0.3 is 20.6 Å². The fourth-order valence-corrected chi connectivity index (χ4v) is 8.51. The van der Waals surface area contributed by atoms with E-state index >= 15 is 0 Å². The lowest BCUT2D eigenvalue weighted by molar-refractivity contribution is -0.123. The van der Waals surface area contributed by atoms with E-state index in [-0.39, 0.29) is 12.5 Å². The second-order valence-corrected chi connectivity index (χ2v) is 18.4. The molecular weight excluding hydrogens is 715 g/mol. The Bertz CT molecular complexity index is 803. The van der Waals surface area contributed by atoms with E-state index in [9.17, 15) is 15.0 Å².